The summed E-state index contributed by atoms with van der Waals surface area (Å²) in [5.74, 6) is 0. The van der Waals surface area contributed by atoms with E-state index in [1.807, 2.05) is 0 Å². The number of halogens is 4. The molecule has 0 fully saturated rings. The molecule has 0 heterocycles. The van der Waals surface area contributed by atoms with Gasteiger partial charge in [0.25, 0.3) is 6.43 Å². The smallest absolute Gasteiger partial charge is 0.205 e. The molecule has 0 atom stereocenters. The van der Waals surface area contributed by atoms with Gasteiger partial charge < -0.3 is 0 Å². The van der Waals surface area contributed by atoms with Crippen LogP contribution in [0.2, 0.25) is 5.02 Å². The number of hydrogen-bond acceptors (Lipinski definition) is 0. The number of rotatable bonds is 1. The van der Waals surface area contributed by atoms with Gasteiger partial charge in [0, 0.05) is 10.0 Å². The Morgan fingerprint density at radius 2 is 2.00 bits per heavy atom. The molecule has 4 heteroatoms. The Balaban J connectivity index is 3.33. The maximum atomic E-state index is 12.4. The van der Waals surface area contributed by atoms with Crippen LogP contribution in [0.5, 0.6) is 0 Å². The second kappa shape index (κ2) is 3.71. The molecule has 12 heavy (non-hydrogen) atoms. The lowest BCUT2D eigenvalue weighted by Gasteiger charge is -2.07. The topological polar surface area (TPSA) is 0 Å². The highest BCUT2D eigenvalue weighted by Gasteiger charge is 2.16. The van der Waals surface area contributed by atoms with Gasteiger partial charge in [0.05, 0.1) is 5.02 Å². The summed E-state index contributed by atoms with van der Waals surface area (Å²) >= 11 is 8.67. The minimum Gasteiger partial charge on any atom is -0.205 e. The van der Waals surface area contributed by atoms with E-state index in [2.05, 4.69) is 15.9 Å². The SMILES string of the molecule is Cc1ccc(Cl)c(Br)c1C(F)F. The first-order valence-corrected chi connectivity index (χ1v) is 4.43. The van der Waals surface area contributed by atoms with E-state index >= 15 is 0 Å². The summed E-state index contributed by atoms with van der Waals surface area (Å²) in [4.78, 5) is 0. The second-order valence-electron chi connectivity index (χ2n) is 2.39. The fourth-order valence-corrected chi connectivity index (χ4v) is 1.71. The Labute approximate surface area is 82.7 Å². The maximum absolute atomic E-state index is 12.4. The molecule has 0 radical (unpaired) electrons. The standard InChI is InChI=1S/C8H6BrClF2/c1-4-2-3-5(10)7(9)6(4)8(11)12/h2-3,8H,1H3. The molecule has 1 rings (SSSR count). The number of alkyl halides is 2. The van der Waals surface area contributed by atoms with Gasteiger partial charge in [-0.2, -0.15) is 0 Å². The molecule has 0 nitrogen and oxygen atoms in total. The number of hydrogen-bond donors (Lipinski definition) is 0. The first kappa shape index (κ1) is 9.93. The molecule has 0 unspecified atom stereocenters. The van der Waals surface area contributed by atoms with Crippen LogP contribution in [0, 0.1) is 6.92 Å². The Hall–Kier alpha value is -0.150. The Morgan fingerprint density at radius 1 is 1.42 bits per heavy atom. The molecule has 0 aliphatic carbocycles. The van der Waals surface area contributed by atoms with Crippen molar-refractivity contribution >= 4 is 27.5 Å². The molecule has 0 aromatic heterocycles. The third-order valence-electron chi connectivity index (χ3n) is 1.57. The van der Waals surface area contributed by atoms with E-state index < -0.39 is 6.43 Å². The van der Waals surface area contributed by atoms with E-state index in [1.165, 1.54) is 0 Å². The largest absolute Gasteiger partial charge is 0.265 e. The van der Waals surface area contributed by atoms with E-state index in [9.17, 15) is 8.78 Å². The maximum Gasteiger partial charge on any atom is 0.265 e. The van der Waals surface area contributed by atoms with Gasteiger partial charge in [0.1, 0.15) is 0 Å². The first-order chi connectivity index (χ1) is 5.54. The Morgan fingerprint density at radius 3 is 2.42 bits per heavy atom. The average Bonchev–Trinajstić information content (AvgIpc) is 1.97. The Bertz CT molecular complexity index is 299. The lowest BCUT2D eigenvalue weighted by molar-refractivity contribution is 0.150. The van der Waals surface area contributed by atoms with Crippen LogP contribution in [0.3, 0.4) is 0 Å². The third kappa shape index (κ3) is 1.77. The summed E-state index contributed by atoms with van der Waals surface area (Å²) in [5, 5.41) is 0.316. The molecule has 0 bridgehead atoms. The molecule has 0 aliphatic heterocycles. The van der Waals surface area contributed by atoms with Crippen molar-refractivity contribution in [2.45, 2.75) is 13.3 Å². The molecular weight excluding hydrogens is 249 g/mol. The van der Waals surface area contributed by atoms with Crippen molar-refractivity contribution in [2.75, 3.05) is 0 Å². The van der Waals surface area contributed by atoms with Crippen molar-refractivity contribution in [2.24, 2.45) is 0 Å². The molecular formula is C8H6BrClF2. The molecule has 0 saturated carbocycles. The van der Waals surface area contributed by atoms with Gasteiger partial charge in [0.2, 0.25) is 0 Å². The molecule has 0 spiro atoms. The molecule has 0 amide bonds. The van der Waals surface area contributed by atoms with E-state index in [-0.39, 0.29) is 5.56 Å². The monoisotopic (exact) mass is 254 g/mol. The van der Waals surface area contributed by atoms with Gasteiger partial charge >= 0.3 is 0 Å². The zero-order valence-electron chi connectivity index (χ0n) is 6.24. The third-order valence-corrected chi connectivity index (χ3v) is 2.97. The minimum atomic E-state index is -2.49. The van der Waals surface area contributed by atoms with Crippen molar-refractivity contribution in [3.05, 3.63) is 32.8 Å². The highest BCUT2D eigenvalue weighted by molar-refractivity contribution is 9.10. The highest BCUT2D eigenvalue weighted by atomic mass is 79.9. The van der Waals surface area contributed by atoms with E-state index in [4.69, 9.17) is 11.6 Å². The van der Waals surface area contributed by atoms with E-state index in [1.54, 1.807) is 19.1 Å². The van der Waals surface area contributed by atoms with Crippen molar-refractivity contribution in [1.82, 2.24) is 0 Å². The fraction of sp³-hybridized carbons (Fsp3) is 0.250. The van der Waals surface area contributed by atoms with E-state index in [0.29, 0.717) is 15.1 Å². The molecule has 1 aromatic carbocycles. The van der Waals surface area contributed by atoms with Crippen molar-refractivity contribution < 1.29 is 8.78 Å². The highest BCUT2D eigenvalue weighted by Crippen LogP contribution is 2.35. The summed E-state index contributed by atoms with van der Waals surface area (Å²) < 4.78 is 25.1. The van der Waals surface area contributed by atoms with Crippen LogP contribution in [0.15, 0.2) is 16.6 Å². The number of benzene rings is 1. The quantitative estimate of drug-likeness (QED) is 0.700. The zero-order chi connectivity index (χ0) is 9.30. The van der Waals surface area contributed by atoms with Gasteiger partial charge in [-0.15, -0.1) is 0 Å². The van der Waals surface area contributed by atoms with Crippen molar-refractivity contribution in [3.8, 4) is 0 Å². The van der Waals surface area contributed by atoms with Gasteiger partial charge in [-0.05, 0) is 34.5 Å². The van der Waals surface area contributed by atoms with Crippen LogP contribution in [0.1, 0.15) is 17.6 Å². The summed E-state index contributed by atoms with van der Waals surface area (Å²) in [7, 11) is 0. The van der Waals surface area contributed by atoms with Gasteiger partial charge in [-0.1, -0.05) is 17.7 Å². The minimum absolute atomic E-state index is 0.0255. The lowest BCUT2D eigenvalue weighted by Crippen LogP contribution is -1.91. The van der Waals surface area contributed by atoms with Crippen LogP contribution < -0.4 is 0 Å². The lowest BCUT2D eigenvalue weighted by atomic mass is 10.1. The Kier molecular flexibility index (Phi) is 3.07. The second-order valence-corrected chi connectivity index (χ2v) is 3.59. The molecule has 0 saturated heterocycles. The first-order valence-electron chi connectivity index (χ1n) is 3.26. The summed E-state index contributed by atoms with van der Waals surface area (Å²) in [6.07, 6.45) is -2.49. The molecule has 66 valence electrons. The average molecular weight is 255 g/mol. The van der Waals surface area contributed by atoms with Crippen LogP contribution in [0.25, 0.3) is 0 Å². The summed E-state index contributed by atoms with van der Waals surface area (Å²) in [6, 6.07) is 3.17. The zero-order valence-corrected chi connectivity index (χ0v) is 8.59. The predicted octanol–water partition coefficient (Wildman–Crippen LogP) is 4.35. The fourth-order valence-electron chi connectivity index (χ4n) is 0.931. The van der Waals surface area contributed by atoms with Crippen LogP contribution in [0.4, 0.5) is 8.78 Å². The van der Waals surface area contributed by atoms with Gasteiger partial charge in [-0.3, -0.25) is 0 Å². The van der Waals surface area contributed by atoms with E-state index in [0.717, 1.165) is 0 Å². The molecule has 1 aromatic rings. The summed E-state index contributed by atoms with van der Waals surface area (Å²) in [6.45, 7) is 1.63. The van der Waals surface area contributed by atoms with Crippen LogP contribution >= 0.6 is 27.5 Å². The van der Waals surface area contributed by atoms with Crippen molar-refractivity contribution in [3.63, 3.8) is 0 Å². The molecule has 0 N–H and O–H groups in total. The van der Waals surface area contributed by atoms with Gasteiger partial charge in [0.15, 0.2) is 0 Å². The van der Waals surface area contributed by atoms with Crippen LogP contribution in [-0.4, -0.2) is 0 Å². The summed E-state index contributed by atoms with van der Waals surface area (Å²) in [5.41, 5.74) is 0.517. The van der Waals surface area contributed by atoms with Gasteiger partial charge in [-0.25, -0.2) is 8.78 Å². The normalized spacial score (nSPS) is 10.8. The van der Waals surface area contributed by atoms with Crippen LogP contribution in [-0.2, 0) is 0 Å². The predicted molar refractivity (Wildman–Crippen MR) is 48.8 cm³/mol. The van der Waals surface area contributed by atoms with Crippen molar-refractivity contribution in [1.29, 1.82) is 0 Å². The number of aryl methyl sites for hydroxylation is 1. The molecule has 0 aliphatic rings.